The lowest BCUT2D eigenvalue weighted by molar-refractivity contribution is -0.141. The number of thioether (sulfide) groups is 1. The largest absolute Gasteiger partial charge is 0.457 e. The quantitative estimate of drug-likeness (QED) is 0.318. The third kappa shape index (κ3) is 5.81. The van der Waals surface area contributed by atoms with E-state index in [2.05, 4.69) is 4.99 Å². The molecule has 39 heavy (non-hydrogen) atoms. The van der Waals surface area contributed by atoms with Gasteiger partial charge in [-0.2, -0.15) is 0 Å². The van der Waals surface area contributed by atoms with Crippen LogP contribution in [0.2, 0.25) is 0 Å². The summed E-state index contributed by atoms with van der Waals surface area (Å²) >= 11 is 1.36. The molecule has 0 bridgehead atoms. The van der Waals surface area contributed by atoms with E-state index in [0.29, 0.717) is 28.7 Å². The monoisotopic (exact) mass is 541 g/mol. The number of fused-ring (bicyclic) bond motifs is 1. The summed E-state index contributed by atoms with van der Waals surface area (Å²) in [6.07, 6.45) is 0.0751. The number of halogens is 1. The molecule has 8 heteroatoms. The summed E-state index contributed by atoms with van der Waals surface area (Å²) < 4.78 is 20.9. The fourth-order valence-corrected chi connectivity index (χ4v) is 5.62. The van der Waals surface area contributed by atoms with Gasteiger partial charge in [-0.25, -0.2) is 14.2 Å². The zero-order valence-electron chi connectivity index (χ0n) is 21.7. The number of carbonyl (C=O) groups is 2. The second kappa shape index (κ2) is 11.7. The molecule has 5 rings (SSSR count). The number of hydrogen-bond donors (Lipinski definition) is 0. The molecule has 1 amide bonds. The maximum atomic E-state index is 15.3. The molecule has 0 spiro atoms. The molecule has 2 heterocycles. The highest BCUT2D eigenvalue weighted by molar-refractivity contribution is 8.16. The number of rotatable bonds is 8. The van der Waals surface area contributed by atoms with Crippen LogP contribution in [0.5, 0.6) is 0 Å². The minimum Gasteiger partial charge on any atom is -0.457 e. The van der Waals surface area contributed by atoms with Crippen molar-refractivity contribution in [1.82, 2.24) is 9.80 Å². The van der Waals surface area contributed by atoms with E-state index in [9.17, 15) is 9.59 Å². The summed E-state index contributed by atoms with van der Waals surface area (Å²) in [5.74, 6) is -1.12. The van der Waals surface area contributed by atoms with Gasteiger partial charge in [0, 0.05) is 24.9 Å². The molecule has 0 N–H and O–H groups in total. The Morgan fingerprint density at radius 3 is 2.31 bits per heavy atom. The Balaban J connectivity index is 1.43. The number of aliphatic imine (C=N–C) groups is 1. The number of carbonyl (C=O) groups excluding carboxylic acids is 2. The molecular formula is C31H28FN3O3S. The summed E-state index contributed by atoms with van der Waals surface area (Å²) in [7, 11) is 1.76. The number of amides is 1. The molecule has 0 saturated heterocycles. The predicted octanol–water partition coefficient (Wildman–Crippen LogP) is 6.19. The Bertz CT molecular complexity index is 1470. The van der Waals surface area contributed by atoms with Gasteiger partial charge >= 0.3 is 5.97 Å². The molecule has 0 unspecified atom stereocenters. The Kier molecular flexibility index (Phi) is 7.93. The molecule has 0 fully saturated rings. The highest BCUT2D eigenvalue weighted by atomic mass is 32.2. The van der Waals surface area contributed by atoms with Crippen molar-refractivity contribution in [3.8, 4) is 0 Å². The second-order valence-corrected chi connectivity index (χ2v) is 10.2. The van der Waals surface area contributed by atoms with Gasteiger partial charge in [-0.3, -0.25) is 4.79 Å². The van der Waals surface area contributed by atoms with Gasteiger partial charge in [0.05, 0.1) is 23.7 Å². The van der Waals surface area contributed by atoms with Gasteiger partial charge in [0.2, 0.25) is 5.91 Å². The first kappa shape index (κ1) is 26.4. The van der Waals surface area contributed by atoms with Crippen molar-refractivity contribution in [2.24, 2.45) is 4.99 Å². The molecule has 0 aromatic heterocycles. The fourth-order valence-electron chi connectivity index (χ4n) is 4.66. The lowest BCUT2D eigenvalue weighted by atomic mass is 9.93. The number of amidine groups is 1. The molecule has 0 radical (unpaired) electrons. The van der Waals surface area contributed by atoms with Gasteiger partial charge in [-0.05, 0) is 29.5 Å². The Labute approximate surface area is 231 Å². The maximum Gasteiger partial charge on any atom is 0.338 e. The van der Waals surface area contributed by atoms with Gasteiger partial charge in [-0.15, -0.1) is 0 Å². The van der Waals surface area contributed by atoms with Crippen molar-refractivity contribution in [1.29, 1.82) is 0 Å². The zero-order chi connectivity index (χ0) is 27.4. The molecule has 2 aliphatic rings. The summed E-state index contributed by atoms with van der Waals surface area (Å²) in [6, 6.07) is 24.7. The number of allylic oxidation sites excluding steroid dienone is 1. The normalized spacial score (nSPS) is 16.4. The molecule has 1 atom stereocenters. The van der Waals surface area contributed by atoms with Crippen LogP contribution in [0.1, 0.15) is 36.1 Å². The molecule has 3 aromatic carbocycles. The van der Waals surface area contributed by atoms with Crippen LogP contribution < -0.4 is 0 Å². The first-order chi connectivity index (χ1) is 18.9. The lowest BCUT2D eigenvalue weighted by Gasteiger charge is -2.36. The fraction of sp³-hybridized carbons (Fsp3) is 0.194. The average molecular weight is 542 g/mol. The van der Waals surface area contributed by atoms with E-state index in [1.165, 1.54) is 17.8 Å². The van der Waals surface area contributed by atoms with Crippen LogP contribution in [-0.4, -0.2) is 33.9 Å². The van der Waals surface area contributed by atoms with E-state index < -0.39 is 17.8 Å². The number of hydrogen-bond acceptors (Lipinski definition) is 6. The van der Waals surface area contributed by atoms with Gasteiger partial charge in [0.1, 0.15) is 12.4 Å². The van der Waals surface area contributed by atoms with Crippen molar-refractivity contribution in [2.75, 3.05) is 7.05 Å². The minimum absolute atomic E-state index is 0.0751. The minimum atomic E-state index is -0.824. The maximum absolute atomic E-state index is 15.3. The summed E-state index contributed by atoms with van der Waals surface area (Å²) in [6.45, 7) is 2.28. The van der Waals surface area contributed by atoms with Crippen LogP contribution in [-0.2, 0) is 27.5 Å². The van der Waals surface area contributed by atoms with Gasteiger partial charge < -0.3 is 14.5 Å². The van der Waals surface area contributed by atoms with Crippen LogP contribution in [0.15, 0.2) is 112 Å². The van der Waals surface area contributed by atoms with Crippen molar-refractivity contribution in [3.05, 3.63) is 130 Å². The van der Waals surface area contributed by atoms with Crippen molar-refractivity contribution < 1.29 is 18.7 Å². The number of benzene rings is 3. The topological polar surface area (TPSA) is 62.2 Å². The van der Waals surface area contributed by atoms with Crippen LogP contribution in [0.4, 0.5) is 4.39 Å². The van der Waals surface area contributed by atoms with Crippen molar-refractivity contribution >= 4 is 28.8 Å². The van der Waals surface area contributed by atoms with Crippen LogP contribution in [0.3, 0.4) is 0 Å². The highest BCUT2D eigenvalue weighted by Crippen LogP contribution is 2.45. The molecule has 6 nitrogen and oxygen atoms in total. The van der Waals surface area contributed by atoms with Crippen molar-refractivity contribution in [2.45, 2.75) is 32.5 Å². The first-order valence-electron chi connectivity index (χ1n) is 12.6. The molecular weight excluding hydrogens is 513 g/mol. The molecule has 198 valence electrons. The summed E-state index contributed by atoms with van der Waals surface area (Å²) in [5, 5.41) is 2.45. The van der Waals surface area contributed by atoms with Crippen LogP contribution >= 0.6 is 11.8 Å². The zero-order valence-corrected chi connectivity index (χ0v) is 22.5. The SMILES string of the molecule is CC1=C(C(=O)OCc2ccccc2)[C@H](c2ccccc2F)N2C(CC(=O)N(C)Cc3ccccc3)=CSC2=N1. The molecule has 0 saturated carbocycles. The third-order valence-corrected chi connectivity index (χ3v) is 7.54. The molecule has 3 aromatic rings. The lowest BCUT2D eigenvalue weighted by Crippen LogP contribution is -2.38. The van der Waals surface area contributed by atoms with Gasteiger partial charge in [0.25, 0.3) is 0 Å². The Hall–Kier alpha value is -4.17. The van der Waals surface area contributed by atoms with Crippen LogP contribution in [0.25, 0.3) is 0 Å². The van der Waals surface area contributed by atoms with E-state index >= 15 is 4.39 Å². The Morgan fingerprint density at radius 2 is 1.62 bits per heavy atom. The highest BCUT2D eigenvalue weighted by Gasteiger charge is 2.42. The summed E-state index contributed by atoms with van der Waals surface area (Å²) in [5.41, 5.74) is 3.54. The smallest absolute Gasteiger partial charge is 0.338 e. The molecule has 0 aliphatic carbocycles. The molecule has 2 aliphatic heterocycles. The number of ether oxygens (including phenoxy) is 1. The number of nitrogens with zero attached hydrogens (tertiary/aromatic N) is 3. The van der Waals surface area contributed by atoms with Crippen molar-refractivity contribution in [3.63, 3.8) is 0 Å². The number of esters is 1. The van der Waals surface area contributed by atoms with Crippen LogP contribution in [0, 0.1) is 5.82 Å². The second-order valence-electron chi connectivity index (χ2n) is 9.39. The average Bonchev–Trinajstić information content (AvgIpc) is 3.34. The standard InChI is InChI=1S/C31H28FN3O3S/c1-21-28(30(37)38-19-23-13-7-4-8-14-23)29(25-15-9-10-16-26(25)32)35-24(20-39-31(35)33-21)17-27(36)34(2)18-22-11-5-3-6-12-22/h3-16,20,29H,17-19H2,1-2H3/t29-/m0/s1. The predicted molar refractivity (Wildman–Crippen MR) is 151 cm³/mol. The Morgan fingerprint density at radius 1 is 0.974 bits per heavy atom. The van der Waals surface area contributed by atoms with Gasteiger partial charge in [-0.1, -0.05) is 90.6 Å². The van der Waals surface area contributed by atoms with Gasteiger partial charge in [0.15, 0.2) is 5.17 Å². The van der Waals surface area contributed by atoms with E-state index in [1.54, 1.807) is 42.0 Å². The van der Waals surface area contributed by atoms with E-state index in [0.717, 1.165) is 11.1 Å². The van der Waals surface area contributed by atoms with E-state index in [1.807, 2.05) is 66.1 Å². The van der Waals surface area contributed by atoms with E-state index in [-0.39, 0.29) is 24.5 Å². The summed E-state index contributed by atoms with van der Waals surface area (Å²) in [4.78, 5) is 34.9. The third-order valence-electron chi connectivity index (χ3n) is 6.65. The van der Waals surface area contributed by atoms with E-state index in [4.69, 9.17) is 4.74 Å². The first-order valence-corrected chi connectivity index (χ1v) is 13.5.